The van der Waals surface area contributed by atoms with Crippen LogP contribution in [0, 0.1) is 11.8 Å². The molecule has 2 amide bonds. The number of ether oxygens (including phenoxy) is 1. The average Bonchev–Trinajstić information content (AvgIpc) is 2.74. The summed E-state index contributed by atoms with van der Waals surface area (Å²) in [6, 6.07) is 8.41. The van der Waals surface area contributed by atoms with E-state index in [1.54, 1.807) is 0 Å². The van der Waals surface area contributed by atoms with Gasteiger partial charge in [-0.2, -0.15) is 0 Å². The molecule has 1 N–H and O–H groups in total. The van der Waals surface area contributed by atoms with Crippen LogP contribution in [-0.2, 0) is 16.0 Å². The van der Waals surface area contributed by atoms with E-state index in [2.05, 4.69) is 34.5 Å². The summed E-state index contributed by atoms with van der Waals surface area (Å²) in [5.41, 5.74) is 2.54. The van der Waals surface area contributed by atoms with Crippen LogP contribution >= 0.6 is 0 Å². The van der Waals surface area contributed by atoms with Crippen molar-refractivity contribution >= 4 is 12.0 Å². The molecule has 1 aromatic rings. The average molecular weight is 383 g/mol. The van der Waals surface area contributed by atoms with E-state index in [4.69, 9.17) is 4.74 Å². The minimum absolute atomic E-state index is 0.0147. The van der Waals surface area contributed by atoms with E-state index in [1.807, 2.05) is 4.90 Å². The maximum atomic E-state index is 13.3. The summed E-state index contributed by atoms with van der Waals surface area (Å²) in [5.74, 6) is 0.860. The topological polar surface area (TPSA) is 61.9 Å². The summed E-state index contributed by atoms with van der Waals surface area (Å²) in [4.78, 5) is 29.3. The van der Waals surface area contributed by atoms with Crippen LogP contribution in [0.5, 0.6) is 0 Å². The molecule has 2 bridgehead atoms. The molecule has 6 rings (SSSR count). The lowest BCUT2D eigenvalue weighted by molar-refractivity contribution is -0.123. The van der Waals surface area contributed by atoms with Crippen LogP contribution in [0.15, 0.2) is 24.3 Å². The summed E-state index contributed by atoms with van der Waals surface area (Å²) in [6.45, 7) is 4.47. The fraction of sp³-hybridized carbons (Fsp3) is 0.636. The molecule has 5 heterocycles. The van der Waals surface area contributed by atoms with Gasteiger partial charge in [-0.1, -0.05) is 24.3 Å². The van der Waals surface area contributed by atoms with Crippen molar-refractivity contribution < 1.29 is 14.3 Å². The molecule has 0 aliphatic carbocycles. The van der Waals surface area contributed by atoms with Gasteiger partial charge in [0.1, 0.15) is 6.10 Å². The Balaban J connectivity index is 1.37. The van der Waals surface area contributed by atoms with Gasteiger partial charge < -0.3 is 15.0 Å². The molecule has 4 saturated heterocycles. The maximum absolute atomic E-state index is 13.3. The molecule has 6 nitrogen and oxygen atoms in total. The zero-order valence-electron chi connectivity index (χ0n) is 16.3. The van der Waals surface area contributed by atoms with E-state index >= 15 is 0 Å². The fourth-order valence-corrected chi connectivity index (χ4v) is 5.57. The Morgan fingerprint density at radius 2 is 1.86 bits per heavy atom. The van der Waals surface area contributed by atoms with Crippen LogP contribution in [0.2, 0.25) is 0 Å². The molecule has 150 valence electrons. The number of carbonyl (C=O) groups excluding carboxylic acids is 2. The number of carbonyl (C=O) groups is 2. The minimum Gasteiger partial charge on any atom is -0.444 e. The van der Waals surface area contributed by atoms with E-state index in [1.165, 1.54) is 11.1 Å². The Bertz CT molecular complexity index is 749. The third-order valence-electron chi connectivity index (χ3n) is 7.16. The normalized spacial score (nSPS) is 34.5. The highest BCUT2D eigenvalue weighted by Gasteiger charge is 2.41. The molecule has 0 radical (unpaired) electrons. The molecular weight excluding hydrogens is 354 g/mol. The Kier molecular flexibility index (Phi) is 4.75. The quantitative estimate of drug-likeness (QED) is 0.852. The first kappa shape index (κ1) is 18.0. The van der Waals surface area contributed by atoms with Crippen LogP contribution < -0.4 is 5.32 Å². The molecule has 6 heteroatoms. The Hall–Kier alpha value is -2.08. The number of piperidine rings is 4. The Labute approximate surface area is 166 Å². The van der Waals surface area contributed by atoms with E-state index in [9.17, 15) is 9.59 Å². The van der Waals surface area contributed by atoms with Crippen LogP contribution in [0.1, 0.15) is 42.9 Å². The van der Waals surface area contributed by atoms with Crippen LogP contribution in [0.3, 0.4) is 0 Å². The van der Waals surface area contributed by atoms with Crippen LogP contribution in [0.25, 0.3) is 0 Å². The summed E-state index contributed by atoms with van der Waals surface area (Å²) < 4.78 is 6.08. The second-order valence-corrected chi connectivity index (χ2v) is 8.75. The van der Waals surface area contributed by atoms with Crippen LogP contribution in [0.4, 0.5) is 4.79 Å². The van der Waals surface area contributed by atoms with E-state index in [-0.39, 0.29) is 30.1 Å². The summed E-state index contributed by atoms with van der Waals surface area (Å²) in [5, 5.41) is 3.00. The molecule has 3 atom stereocenters. The lowest BCUT2D eigenvalue weighted by atomic mass is 9.81. The number of nitrogens with zero attached hydrogens (tertiary/aromatic N) is 2. The van der Waals surface area contributed by atoms with Gasteiger partial charge in [-0.25, -0.2) is 4.79 Å². The third kappa shape index (κ3) is 3.28. The van der Waals surface area contributed by atoms with Crippen molar-refractivity contribution in [3.05, 3.63) is 35.4 Å². The molecule has 1 aromatic carbocycles. The van der Waals surface area contributed by atoms with Gasteiger partial charge in [0.05, 0.1) is 6.04 Å². The molecule has 0 aromatic heterocycles. The van der Waals surface area contributed by atoms with E-state index in [0.717, 1.165) is 45.3 Å². The molecule has 5 aliphatic rings. The number of benzene rings is 1. The summed E-state index contributed by atoms with van der Waals surface area (Å²) in [7, 11) is 0. The standard InChI is InChI=1S/C22H29N3O3/c26-20-6-5-17(13-23-20)21-18-4-2-1-3-15(18)9-12-25(21)22(27)28-19-14-24-10-7-16(19)8-11-24/h1-4,16-17,19,21H,5-14H2,(H,23,26)/t17?,19-,21+/m1/s1. The minimum atomic E-state index is -0.171. The third-order valence-corrected chi connectivity index (χ3v) is 7.16. The second kappa shape index (κ2) is 7.39. The first-order valence-corrected chi connectivity index (χ1v) is 10.7. The highest BCUT2D eigenvalue weighted by Crippen LogP contribution is 2.39. The van der Waals surface area contributed by atoms with Gasteiger partial charge >= 0.3 is 6.09 Å². The maximum Gasteiger partial charge on any atom is 0.410 e. The van der Waals surface area contributed by atoms with Crippen molar-refractivity contribution in [2.45, 2.75) is 44.2 Å². The van der Waals surface area contributed by atoms with Crippen molar-refractivity contribution in [1.82, 2.24) is 15.1 Å². The molecule has 28 heavy (non-hydrogen) atoms. The zero-order chi connectivity index (χ0) is 19.1. The second-order valence-electron chi connectivity index (χ2n) is 8.75. The predicted molar refractivity (Wildman–Crippen MR) is 105 cm³/mol. The largest absolute Gasteiger partial charge is 0.444 e. The molecule has 0 saturated carbocycles. The molecule has 1 unspecified atom stereocenters. The van der Waals surface area contributed by atoms with Crippen molar-refractivity contribution in [2.24, 2.45) is 11.8 Å². The monoisotopic (exact) mass is 383 g/mol. The van der Waals surface area contributed by atoms with Gasteiger partial charge in [-0.3, -0.25) is 9.69 Å². The van der Waals surface area contributed by atoms with Gasteiger partial charge in [-0.15, -0.1) is 0 Å². The summed E-state index contributed by atoms with van der Waals surface area (Å²) in [6.07, 6.45) is 4.34. The predicted octanol–water partition coefficient (Wildman–Crippen LogP) is 2.34. The van der Waals surface area contributed by atoms with Gasteiger partial charge in [0.25, 0.3) is 0 Å². The van der Waals surface area contributed by atoms with Gasteiger partial charge in [0.2, 0.25) is 5.91 Å². The molecule has 5 aliphatic heterocycles. The number of hydrogen-bond donors (Lipinski definition) is 1. The van der Waals surface area contributed by atoms with E-state index in [0.29, 0.717) is 25.4 Å². The first-order chi connectivity index (χ1) is 13.7. The van der Waals surface area contributed by atoms with E-state index < -0.39 is 0 Å². The molecule has 4 fully saturated rings. The lowest BCUT2D eigenvalue weighted by Crippen LogP contribution is -2.54. The van der Waals surface area contributed by atoms with Gasteiger partial charge in [0.15, 0.2) is 0 Å². The first-order valence-electron chi connectivity index (χ1n) is 10.7. The van der Waals surface area contributed by atoms with Gasteiger partial charge in [0, 0.05) is 32.0 Å². The lowest BCUT2D eigenvalue weighted by Gasteiger charge is -2.46. The Morgan fingerprint density at radius 1 is 1.04 bits per heavy atom. The number of hydrogen-bond acceptors (Lipinski definition) is 4. The van der Waals surface area contributed by atoms with Gasteiger partial charge in [-0.05, 0) is 55.8 Å². The number of fused-ring (bicyclic) bond motifs is 4. The highest BCUT2D eigenvalue weighted by molar-refractivity contribution is 5.76. The summed E-state index contributed by atoms with van der Waals surface area (Å²) >= 11 is 0. The van der Waals surface area contributed by atoms with Crippen molar-refractivity contribution in [3.63, 3.8) is 0 Å². The van der Waals surface area contributed by atoms with Crippen molar-refractivity contribution in [3.8, 4) is 0 Å². The molecule has 0 spiro atoms. The highest BCUT2D eigenvalue weighted by atomic mass is 16.6. The smallest absolute Gasteiger partial charge is 0.410 e. The Morgan fingerprint density at radius 3 is 2.57 bits per heavy atom. The van der Waals surface area contributed by atoms with Crippen molar-refractivity contribution in [2.75, 3.05) is 32.7 Å². The fourth-order valence-electron chi connectivity index (χ4n) is 5.57. The van der Waals surface area contributed by atoms with Crippen molar-refractivity contribution in [1.29, 1.82) is 0 Å². The SMILES string of the molecule is O=C1CCC([C@H]2c3ccccc3CCN2C(=O)O[C@@H]2CN3CCC2CC3)CN1. The zero-order valence-corrected chi connectivity index (χ0v) is 16.3. The number of amides is 2. The van der Waals surface area contributed by atoms with Crippen LogP contribution in [-0.4, -0.2) is 60.6 Å². The number of nitrogens with one attached hydrogen (secondary N) is 1. The number of rotatable bonds is 2. The molecular formula is C22H29N3O3.